The molecule has 2 aromatic heterocycles. The Kier molecular flexibility index (Phi) is 6.95. The molecule has 1 aliphatic rings. The van der Waals surface area contributed by atoms with Gasteiger partial charge in [0.15, 0.2) is 5.82 Å². The zero-order valence-corrected chi connectivity index (χ0v) is 19.2. The van der Waals surface area contributed by atoms with Crippen LogP contribution in [0.1, 0.15) is 31.2 Å². The number of hydrogen-bond donors (Lipinski definition) is 3. The molecule has 4 N–H and O–H groups in total. The maximum atomic E-state index is 11.5. The van der Waals surface area contributed by atoms with Gasteiger partial charge in [-0.15, -0.1) is 0 Å². The van der Waals surface area contributed by atoms with Crippen LogP contribution >= 0.6 is 0 Å². The van der Waals surface area contributed by atoms with Gasteiger partial charge in [-0.05, 0) is 37.3 Å². The Morgan fingerprint density at radius 2 is 1.97 bits per heavy atom. The molecule has 0 saturated heterocycles. The van der Waals surface area contributed by atoms with Crippen LogP contribution in [0.25, 0.3) is 28.1 Å². The van der Waals surface area contributed by atoms with Crippen LogP contribution in [0.2, 0.25) is 0 Å². The molecule has 0 aliphatic heterocycles. The molecule has 0 unspecified atom stereocenters. The third-order valence-corrected chi connectivity index (χ3v) is 6.33. The van der Waals surface area contributed by atoms with Crippen LogP contribution < -0.4 is 10.5 Å². The maximum Gasteiger partial charge on any atom is 0.208 e. The molecule has 1 fully saturated rings. The Bertz CT molecular complexity index is 1240. The van der Waals surface area contributed by atoms with Crippen molar-refractivity contribution in [3.63, 3.8) is 0 Å². The zero-order chi connectivity index (χ0) is 23.3. The SMILES string of the molecule is CS(=O)(=O)N[C@@H]1CCC[C@@H](N=CC(=CN)c2cnc(-c3cccc(-c4cn[nH]c4)c3)nc2)C1. The van der Waals surface area contributed by atoms with Gasteiger partial charge in [0.1, 0.15) is 0 Å². The van der Waals surface area contributed by atoms with Gasteiger partial charge in [0.05, 0.1) is 18.5 Å². The van der Waals surface area contributed by atoms with E-state index < -0.39 is 10.0 Å². The number of sulfonamides is 1. The van der Waals surface area contributed by atoms with E-state index in [0.29, 0.717) is 17.8 Å². The normalized spacial score (nSPS) is 19.7. The summed E-state index contributed by atoms with van der Waals surface area (Å²) in [6.45, 7) is 0. The summed E-state index contributed by atoms with van der Waals surface area (Å²) >= 11 is 0. The van der Waals surface area contributed by atoms with Crippen LogP contribution in [0.15, 0.2) is 60.2 Å². The summed E-state index contributed by atoms with van der Waals surface area (Å²) in [4.78, 5) is 13.7. The van der Waals surface area contributed by atoms with Gasteiger partial charge in [-0.3, -0.25) is 10.1 Å². The number of nitrogens with zero attached hydrogens (tertiary/aromatic N) is 4. The van der Waals surface area contributed by atoms with Crippen molar-refractivity contribution in [3.05, 3.63) is 60.8 Å². The van der Waals surface area contributed by atoms with E-state index in [9.17, 15) is 8.42 Å². The standard InChI is InChI=1S/C23H27N7O2S/c1-33(31,32)30-22-7-3-6-21(9-22)25-11-18(10-24)19-12-26-23(27-13-19)17-5-2-4-16(8-17)20-14-28-29-15-20/h2,4-5,8,10-15,21-22,30H,3,6-7,9,24H2,1H3,(H,28,29)/t21-,22-/m1/s1. The summed E-state index contributed by atoms with van der Waals surface area (Å²) in [7, 11) is -3.22. The Morgan fingerprint density at radius 3 is 2.67 bits per heavy atom. The number of nitrogens with two attached hydrogens (primary N) is 1. The molecule has 4 rings (SSSR count). The number of hydrogen-bond acceptors (Lipinski definition) is 7. The monoisotopic (exact) mass is 465 g/mol. The average Bonchev–Trinajstić information content (AvgIpc) is 3.34. The maximum absolute atomic E-state index is 11.5. The third kappa shape index (κ3) is 6.11. The van der Waals surface area contributed by atoms with Crippen molar-refractivity contribution < 1.29 is 8.42 Å². The zero-order valence-electron chi connectivity index (χ0n) is 18.3. The summed E-state index contributed by atoms with van der Waals surface area (Å²) in [5.74, 6) is 0.611. The largest absolute Gasteiger partial charge is 0.404 e. The molecule has 1 aromatic carbocycles. The molecule has 2 atom stereocenters. The van der Waals surface area contributed by atoms with E-state index in [0.717, 1.165) is 41.5 Å². The quantitative estimate of drug-likeness (QED) is 0.459. The van der Waals surface area contributed by atoms with Gasteiger partial charge in [-0.25, -0.2) is 23.1 Å². The summed E-state index contributed by atoms with van der Waals surface area (Å²) in [6.07, 6.45) is 14.8. The molecule has 10 heteroatoms. The minimum atomic E-state index is -3.22. The molecule has 2 heterocycles. The van der Waals surface area contributed by atoms with Crippen LogP contribution in [0.3, 0.4) is 0 Å². The fraction of sp³-hybridized carbons (Fsp3) is 0.304. The van der Waals surface area contributed by atoms with E-state index in [1.807, 2.05) is 30.5 Å². The summed E-state index contributed by atoms with van der Waals surface area (Å²) < 4.78 is 25.7. The molecule has 0 radical (unpaired) electrons. The molecule has 0 bridgehead atoms. The van der Waals surface area contributed by atoms with Crippen molar-refractivity contribution in [2.24, 2.45) is 10.7 Å². The minimum absolute atomic E-state index is 0.0406. The van der Waals surface area contributed by atoms with Crippen molar-refractivity contribution in [3.8, 4) is 22.5 Å². The number of aromatic amines is 1. The highest BCUT2D eigenvalue weighted by molar-refractivity contribution is 7.88. The lowest BCUT2D eigenvalue weighted by molar-refractivity contribution is 0.374. The second kappa shape index (κ2) is 10.1. The Balaban J connectivity index is 1.45. The van der Waals surface area contributed by atoms with Crippen molar-refractivity contribution in [1.29, 1.82) is 0 Å². The highest BCUT2D eigenvalue weighted by atomic mass is 32.2. The molecule has 3 aromatic rings. The first-order valence-corrected chi connectivity index (χ1v) is 12.6. The third-order valence-electron chi connectivity index (χ3n) is 5.57. The van der Waals surface area contributed by atoms with Crippen LogP contribution in [0.4, 0.5) is 0 Å². The highest BCUT2D eigenvalue weighted by Crippen LogP contribution is 2.25. The Hall–Kier alpha value is -3.37. The lowest BCUT2D eigenvalue weighted by Crippen LogP contribution is -2.38. The Labute approximate surface area is 193 Å². The first-order valence-electron chi connectivity index (χ1n) is 10.8. The number of aromatic nitrogens is 4. The van der Waals surface area contributed by atoms with Gasteiger partial charge in [-0.1, -0.05) is 18.2 Å². The van der Waals surface area contributed by atoms with Gasteiger partial charge in [0.2, 0.25) is 10.0 Å². The Morgan fingerprint density at radius 1 is 1.18 bits per heavy atom. The lowest BCUT2D eigenvalue weighted by Gasteiger charge is -2.26. The molecule has 172 valence electrons. The molecule has 1 aliphatic carbocycles. The summed E-state index contributed by atoms with van der Waals surface area (Å²) in [6, 6.07) is 7.91. The highest BCUT2D eigenvalue weighted by Gasteiger charge is 2.23. The van der Waals surface area contributed by atoms with E-state index >= 15 is 0 Å². The smallest absolute Gasteiger partial charge is 0.208 e. The van der Waals surface area contributed by atoms with Crippen LogP contribution in [-0.4, -0.2) is 53.1 Å². The second-order valence-electron chi connectivity index (χ2n) is 8.17. The van der Waals surface area contributed by atoms with Crippen molar-refractivity contribution in [2.45, 2.75) is 37.8 Å². The first-order chi connectivity index (χ1) is 15.9. The van der Waals surface area contributed by atoms with Crippen molar-refractivity contribution >= 4 is 21.8 Å². The summed E-state index contributed by atoms with van der Waals surface area (Å²) in [5.41, 5.74) is 10.2. The fourth-order valence-electron chi connectivity index (χ4n) is 3.98. The number of rotatable bonds is 7. The number of allylic oxidation sites excluding steroid dienone is 1. The van der Waals surface area contributed by atoms with Gasteiger partial charge >= 0.3 is 0 Å². The molecular weight excluding hydrogens is 438 g/mol. The van der Waals surface area contributed by atoms with Gasteiger partial charge in [0, 0.05) is 59.3 Å². The van der Waals surface area contributed by atoms with Crippen LogP contribution in [0.5, 0.6) is 0 Å². The van der Waals surface area contributed by atoms with E-state index in [4.69, 9.17) is 5.73 Å². The van der Waals surface area contributed by atoms with Gasteiger partial charge in [-0.2, -0.15) is 5.10 Å². The topological polar surface area (TPSA) is 139 Å². The van der Waals surface area contributed by atoms with E-state index in [1.165, 1.54) is 12.5 Å². The number of H-pyrrole nitrogens is 1. The molecule has 33 heavy (non-hydrogen) atoms. The minimum Gasteiger partial charge on any atom is -0.404 e. The predicted octanol–water partition coefficient (Wildman–Crippen LogP) is 2.76. The average molecular weight is 466 g/mol. The van der Waals surface area contributed by atoms with E-state index in [2.05, 4.69) is 29.9 Å². The first kappa shape index (κ1) is 22.8. The molecular formula is C23H27N7O2S. The molecule has 9 nitrogen and oxygen atoms in total. The molecule has 1 saturated carbocycles. The second-order valence-corrected chi connectivity index (χ2v) is 9.95. The molecule has 0 amide bonds. The van der Waals surface area contributed by atoms with Crippen molar-refractivity contribution in [1.82, 2.24) is 24.9 Å². The number of aliphatic imine (C=N–C) groups is 1. The van der Waals surface area contributed by atoms with E-state index in [-0.39, 0.29) is 12.1 Å². The van der Waals surface area contributed by atoms with Crippen molar-refractivity contribution in [2.75, 3.05) is 6.26 Å². The van der Waals surface area contributed by atoms with Crippen LogP contribution in [-0.2, 0) is 10.0 Å². The number of benzene rings is 1. The molecule has 0 spiro atoms. The fourth-order valence-corrected chi connectivity index (χ4v) is 4.80. The van der Waals surface area contributed by atoms with Gasteiger partial charge in [0.25, 0.3) is 0 Å². The lowest BCUT2D eigenvalue weighted by atomic mass is 9.92. The van der Waals surface area contributed by atoms with Crippen LogP contribution in [0, 0.1) is 0 Å². The summed E-state index contributed by atoms with van der Waals surface area (Å²) in [5, 5.41) is 6.81. The number of nitrogens with one attached hydrogen (secondary N) is 2. The van der Waals surface area contributed by atoms with Gasteiger partial charge < -0.3 is 5.73 Å². The predicted molar refractivity (Wildman–Crippen MR) is 130 cm³/mol. The van der Waals surface area contributed by atoms with E-state index in [1.54, 1.807) is 24.8 Å².